The Kier molecular flexibility index (Phi) is 4.46. The molecule has 0 aromatic heterocycles. The van der Waals surface area contributed by atoms with Crippen LogP contribution in [0.25, 0.3) is 0 Å². The average Bonchev–Trinajstić information content (AvgIpc) is 2.31. The van der Waals surface area contributed by atoms with Crippen LogP contribution in [0, 0.1) is 0 Å². The highest BCUT2D eigenvalue weighted by Gasteiger charge is 2.12. The minimum absolute atomic E-state index is 0.0867. The standard InChI is InChI=1S/C12H14N2O5/c1-7(15)14(2)6-11(17)13-9-4-3-8(12(18)19)5-10(9)16/h3-5,16H,6H2,1-2H3,(H,13,17)(H,18,19). The number of nitrogens with one attached hydrogen (secondary N) is 1. The minimum atomic E-state index is -1.18. The lowest BCUT2D eigenvalue weighted by Crippen LogP contribution is -2.33. The number of benzene rings is 1. The Balaban J connectivity index is 2.75. The van der Waals surface area contributed by atoms with E-state index in [9.17, 15) is 19.5 Å². The first kappa shape index (κ1) is 14.5. The quantitative estimate of drug-likeness (QED) is 0.688. The number of hydrogen-bond donors (Lipinski definition) is 3. The molecular formula is C12H14N2O5. The second-order valence-corrected chi connectivity index (χ2v) is 3.96. The number of phenolic OH excluding ortho intramolecular Hbond substituents is 1. The maximum Gasteiger partial charge on any atom is 0.335 e. The van der Waals surface area contributed by atoms with Gasteiger partial charge in [0.05, 0.1) is 17.8 Å². The molecule has 0 saturated heterocycles. The van der Waals surface area contributed by atoms with Crippen molar-refractivity contribution in [1.29, 1.82) is 0 Å². The minimum Gasteiger partial charge on any atom is -0.506 e. The molecule has 0 saturated carbocycles. The number of carbonyl (C=O) groups excluding carboxylic acids is 2. The largest absolute Gasteiger partial charge is 0.506 e. The van der Waals surface area contributed by atoms with Gasteiger partial charge >= 0.3 is 5.97 Å². The molecule has 0 fully saturated rings. The number of rotatable bonds is 4. The number of nitrogens with zero attached hydrogens (tertiary/aromatic N) is 1. The molecule has 0 aliphatic heterocycles. The highest BCUT2D eigenvalue weighted by atomic mass is 16.4. The van der Waals surface area contributed by atoms with E-state index in [0.29, 0.717) is 0 Å². The van der Waals surface area contributed by atoms with Crippen LogP contribution >= 0.6 is 0 Å². The van der Waals surface area contributed by atoms with Gasteiger partial charge in [0.2, 0.25) is 11.8 Å². The molecule has 0 unspecified atom stereocenters. The lowest BCUT2D eigenvalue weighted by molar-refractivity contribution is -0.131. The fourth-order valence-electron chi connectivity index (χ4n) is 1.29. The lowest BCUT2D eigenvalue weighted by atomic mass is 10.2. The van der Waals surface area contributed by atoms with Gasteiger partial charge in [0.15, 0.2) is 0 Å². The zero-order chi connectivity index (χ0) is 14.6. The van der Waals surface area contributed by atoms with E-state index < -0.39 is 11.9 Å². The third kappa shape index (κ3) is 3.98. The van der Waals surface area contributed by atoms with Gasteiger partial charge in [-0.3, -0.25) is 9.59 Å². The zero-order valence-electron chi connectivity index (χ0n) is 10.5. The first-order chi connectivity index (χ1) is 8.81. The van der Waals surface area contributed by atoms with Crippen LogP contribution in [0.2, 0.25) is 0 Å². The van der Waals surface area contributed by atoms with Crippen LogP contribution in [0.15, 0.2) is 18.2 Å². The number of aromatic carboxylic acids is 1. The van der Waals surface area contributed by atoms with Gasteiger partial charge in [-0.25, -0.2) is 4.79 Å². The van der Waals surface area contributed by atoms with Gasteiger partial charge in [-0.1, -0.05) is 0 Å². The molecule has 19 heavy (non-hydrogen) atoms. The van der Waals surface area contributed by atoms with Crippen LogP contribution in [0.3, 0.4) is 0 Å². The Morgan fingerprint density at radius 1 is 1.32 bits per heavy atom. The molecule has 0 aliphatic rings. The van der Waals surface area contributed by atoms with E-state index in [0.717, 1.165) is 6.07 Å². The fourth-order valence-corrected chi connectivity index (χ4v) is 1.29. The first-order valence-corrected chi connectivity index (χ1v) is 5.39. The Morgan fingerprint density at radius 2 is 1.95 bits per heavy atom. The van der Waals surface area contributed by atoms with Gasteiger partial charge in [0.25, 0.3) is 0 Å². The van der Waals surface area contributed by atoms with Crippen LogP contribution in [0.4, 0.5) is 5.69 Å². The number of aromatic hydroxyl groups is 1. The van der Waals surface area contributed by atoms with Crippen LogP contribution in [0.5, 0.6) is 5.75 Å². The van der Waals surface area contributed by atoms with Gasteiger partial charge < -0.3 is 20.4 Å². The Morgan fingerprint density at radius 3 is 2.42 bits per heavy atom. The molecule has 0 bridgehead atoms. The molecule has 102 valence electrons. The molecule has 3 N–H and O–H groups in total. The molecule has 0 heterocycles. The molecule has 2 amide bonds. The molecule has 0 radical (unpaired) electrons. The maximum atomic E-state index is 11.6. The summed E-state index contributed by atoms with van der Waals surface area (Å²) in [6, 6.07) is 3.57. The summed E-state index contributed by atoms with van der Waals surface area (Å²) in [7, 11) is 1.47. The Bertz CT molecular complexity index is 527. The summed E-state index contributed by atoms with van der Waals surface area (Å²) in [5, 5.41) is 20.7. The second kappa shape index (κ2) is 5.85. The molecule has 0 spiro atoms. The first-order valence-electron chi connectivity index (χ1n) is 5.39. The summed E-state index contributed by atoms with van der Waals surface area (Å²) in [5.41, 5.74) is 0.00306. The summed E-state index contributed by atoms with van der Waals surface area (Å²) in [5.74, 6) is -2.28. The molecule has 1 aromatic rings. The molecule has 1 rings (SSSR count). The summed E-state index contributed by atoms with van der Waals surface area (Å²) in [4.78, 5) is 34.4. The smallest absolute Gasteiger partial charge is 0.335 e. The number of carboxylic acids is 1. The molecule has 7 heteroatoms. The van der Waals surface area contributed by atoms with Crippen LogP contribution in [-0.2, 0) is 9.59 Å². The molecule has 7 nitrogen and oxygen atoms in total. The number of carbonyl (C=O) groups is 3. The number of anilines is 1. The fraction of sp³-hybridized carbons (Fsp3) is 0.250. The highest BCUT2D eigenvalue weighted by Crippen LogP contribution is 2.24. The third-order valence-electron chi connectivity index (χ3n) is 2.44. The van der Waals surface area contributed by atoms with Crippen molar-refractivity contribution in [2.24, 2.45) is 0 Å². The number of hydrogen-bond acceptors (Lipinski definition) is 4. The van der Waals surface area contributed by atoms with Crippen LogP contribution in [0.1, 0.15) is 17.3 Å². The lowest BCUT2D eigenvalue weighted by Gasteiger charge is -2.14. The van der Waals surface area contributed by atoms with Crippen LogP contribution < -0.4 is 5.32 Å². The summed E-state index contributed by atoms with van der Waals surface area (Å²) in [6.45, 7) is 1.17. The molecule has 0 aliphatic carbocycles. The molecule has 1 aromatic carbocycles. The average molecular weight is 266 g/mol. The van der Waals surface area contributed by atoms with Crippen molar-refractivity contribution < 1.29 is 24.6 Å². The zero-order valence-corrected chi connectivity index (χ0v) is 10.5. The topological polar surface area (TPSA) is 107 Å². The predicted molar refractivity (Wildman–Crippen MR) is 67.0 cm³/mol. The summed E-state index contributed by atoms with van der Waals surface area (Å²) >= 11 is 0. The SMILES string of the molecule is CC(=O)N(C)CC(=O)Nc1ccc(C(=O)O)cc1O. The van der Waals surface area contributed by atoms with E-state index in [1.807, 2.05) is 0 Å². The summed E-state index contributed by atoms with van der Waals surface area (Å²) in [6.07, 6.45) is 0. The molecular weight excluding hydrogens is 252 g/mol. The number of phenols is 1. The van der Waals surface area contributed by atoms with E-state index in [4.69, 9.17) is 5.11 Å². The van der Waals surface area contributed by atoms with Gasteiger partial charge in [0, 0.05) is 14.0 Å². The van der Waals surface area contributed by atoms with Gasteiger partial charge in [0.1, 0.15) is 5.75 Å². The second-order valence-electron chi connectivity index (χ2n) is 3.96. The van der Waals surface area contributed by atoms with E-state index >= 15 is 0 Å². The predicted octanol–water partition coefficient (Wildman–Crippen LogP) is 0.507. The van der Waals surface area contributed by atoms with Crippen molar-refractivity contribution in [3.05, 3.63) is 23.8 Å². The maximum absolute atomic E-state index is 11.6. The van der Waals surface area contributed by atoms with Gasteiger partial charge in [-0.2, -0.15) is 0 Å². The van der Waals surface area contributed by atoms with Gasteiger partial charge in [-0.15, -0.1) is 0 Å². The number of amides is 2. The van der Waals surface area contributed by atoms with Gasteiger partial charge in [-0.05, 0) is 18.2 Å². The van der Waals surface area contributed by atoms with E-state index in [2.05, 4.69) is 5.32 Å². The highest BCUT2D eigenvalue weighted by molar-refractivity contribution is 5.96. The number of likely N-dealkylation sites (N-methyl/N-ethyl adjacent to an activating group) is 1. The third-order valence-corrected chi connectivity index (χ3v) is 2.44. The van der Waals surface area contributed by atoms with Crippen LogP contribution in [-0.4, -0.2) is 46.5 Å². The van der Waals surface area contributed by atoms with Crippen molar-refractivity contribution >= 4 is 23.5 Å². The van der Waals surface area contributed by atoms with E-state index in [-0.39, 0.29) is 29.5 Å². The van der Waals surface area contributed by atoms with Crippen molar-refractivity contribution in [3.63, 3.8) is 0 Å². The van der Waals surface area contributed by atoms with Crippen molar-refractivity contribution in [2.45, 2.75) is 6.92 Å². The van der Waals surface area contributed by atoms with Crippen molar-refractivity contribution in [1.82, 2.24) is 4.90 Å². The molecule has 0 atom stereocenters. The summed E-state index contributed by atoms with van der Waals surface area (Å²) < 4.78 is 0. The monoisotopic (exact) mass is 266 g/mol. The Hall–Kier alpha value is -2.57. The van der Waals surface area contributed by atoms with E-state index in [1.54, 1.807) is 0 Å². The normalized spacial score (nSPS) is 9.79. The van der Waals surface area contributed by atoms with E-state index in [1.165, 1.54) is 31.0 Å². The van der Waals surface area contributed by atoms with Crippen molar-refractivity contribution in [3.8, 4) is 5.75 Å². The van der Waals surface area contributed by atoms with Crippen molar-refractivity contribution in [2.75, 3.05) is 18.9 Å². The number of carboxylic acid groups (broad SMARTS) is 1. The Labute approximate surface area is 109 Å².